The number of aryl methyl sites for hydroxylation is 1. The highest BCUT2D eigenvalue weighted by Crippen LogP contribution is 2.33. The van der Waals surface area contributed by atoms with E-state index in [1.54, 1.807) is 25.1 Å². The lowest BCUT2D eigenvalue weighted by atomic mass is 10.1. The first-order valence-corrected chi connectivity index (χ1v) is 12.6. The van der Waals surface area contributed by atoms with Gasteiger partial charge in [0, 0.05) is 12.5 Å². The summed E-state index contributed by atoms with van der Waals surface area (Å²) in [5.74, 6) is -0.882. The van der Waals surface area contributed by atoms with E-state index in [0.717, 1.165) is 15.4 Å². The molecule has 184 valence electrons. The molecule has 0 radical (unpaired) electrons. The molecule has 0 aliphatic rings. The van der Waals surface area contributed by atoms with Crippen LogP contribution in [0.2, 0.25) is 5.02 Å². The van der Waals surface area contributed by atoms with Gasteiger partial charge in [0.25, 0.3) is 10.0 Å². The largest absolute Gasteiger partial charge is 0.493 e. The lowest BCUT2D eigenvalue weighted by Crippen LogP contribution is -2.43. The first kappa shape index (κ1) is 26.2. The summed E-state index contributed by atoms with van der Waals surface area (Å²) >= 11 is 6.15. The summed E-state index contributed by atoms with van der Waals surface area (Å²) < 4.78 is 33.8. The van der Waals surface area contributed by atoms with E-state index in [9.17, 15) is 18.3 Å². The van der Waals surface area contributed by atoms with Crippen LogP contribution in [-0.2, 0) is 27.8 Å². The summed E-state index contributed by atoms with van der Waals surface area (Å²) in [4.78, 5) is 11.7. The Hall–Kier alpha value is -3.43. The molecule has 1 unspecified atom stereocenters. The average molecular weight is 516 g/mol. The highest BCUT2D eigenvalue weighted by atomic mass is 35.5. The molecule has 8 nitrogen and oxygen atoms in total. The van der Waals surface area contributed by atoms with Gasteiger partial charge in [-0.3, -0.25) is 4.31 Å². The lowest BCUT2D eigenvalue weighted by molar-refractivity contribution is -0.137. The molecule has 0 amide bonds. The molecule has 3 aromatic rings. The number of carboxylic acids is 1. The fraction of sp³-hybridized carbons (Fsp3) is 0.240. The van der Waals surface area contributed by atoms with Crippen LogP contribution < -0.4 is 9.04 Å². The first-order chi connectivity index (χ1) is 16.6. The Balaban J connectivity index is 1.88. The SMILES string of the molecule is Cc1cc(OCCc2ccc(CN=N)cc2)cc(N(C(C)C(=O)O)S(=O)(=O)c2ccccc2Cl)c1. The van der Waals surface area contributed by atoms with Gasteiger partial charge in [0.1, 0.15) is 16.7 Å². The molecule has 10 heteroatoms. The minimum absolute atomic E-state index is 0.00151. The monoisotopic (exact) mass is 515 g/mol. The maximum absolute atomic E-state index is 13.5. The number of sulfonamides is 1. The molecule has 1 atom stereocenters. The molecular formula is C25H26ClN3O5S. The maximum Gasteiger partial charge on any atom is 0.327 e. The molecule has 0 fully saturated rings. The number of nitrogens with one attached hydrogen (secondary N) is 1. The van der Waals surface area contributed by atoms with Crippen molar-refractivity contribution in [3.05, 3.63) is 88.4 Å². The van der Waals surface area contributed by atoms with Gasteiger partial charge in [0.2, 0.25) is 0 Å². The van der Waals surface area contributed by atoms with Crippen LogP contribution in [0.25, 0.3) is 0 Å². The van der Waals surface area contributed by atoms with Crippen LogP contribution in [0.4, 0.5) is 5.69 Å². The van der Waals surface area contributed by atoms with Crippen molar-refractivity contribution < 1.29 is 23.1 Å². The fourth-order valence-electron chi connectivity index (χ4n) is 3.56. The number of carboxylic acid groups (broad SMARTS) is 1. The number of hydrogen-bond acceptors (Lipinski definition) is 6. The first-order valence-electron chi connectivity index (χ1n) is 10.8. The van der Waals surface area contributed by atoms with Gasteiger partial charge < -0.3 is 9.84 Å². The van der Waals surface area contributed by atoms with Gasteiger partial charge in [-0.15, -0.1) is 0 Å². The zero-order valence-corrected chi connectivity index (χ0v) is 20.9. The molecule has 0 aliphatic carbocycles. The third kappa shape index (κ3) is 6.37. The maximum atomic E-state index is 13.5. The molecule has 0 heterocycles. The smallest absolute Gasteiger partial charge is 0.327 e. The summed E-state index contributed by atoms with van der Waals surface area (Å²) in [5, 5.41) is 13.0. The average Bonchev–Trinajstić information content (AvgIpc) is 2.80. The van der Waals surface area contributed by atoms with Gasteiger partial charge in [-0.1, -0.05) is 48.0 Å². The predicted molar refractivity (Wildman–Crippen MR) is 134 cm³/mol. The third-order valence-corrected chi connectivity index (χ3v) is 7.72. The van der Waals surface area contributed by atoms with E-state index in [1.165, 1.54) is 31.2 Å². The van der Waals surface area contributed by atoms with Crippen LogP contribution in [0, 0.1) is 12.5 Å². The molecule has 0 saturated heterocycles. The predicted octanol–water partition coefficient (Wildman–Crippen LogP) is 5.47. The highest BCUT2D eigenvalue weighted by molar-refractivity contribution is 7.93. The Morgan fingerprint density at radius 2 is 1.77 bits per heavy atom. The Kier molecular flexibility index (Phi) is 8.48. The number of hydrogen-bond donors (Lipinski definition) is 2. The van der Waals surface area contributed by atoms with E-state index in [0.29, 0.717) is 30.9 Å². The topological polar surface area (TPSA) is 120 Å². The van der Waals surface area contributed by atoms with Crippen molar-refractivity contribution in [2.24, 2.45) is 5.11 Å². The number of rotatable bonds is 11. The standard InChI is InChI=1S/C25H26ClN3O5S/c1-17-13-21(15-22(14-17)34-12-11-19-7-9-20(10-8-19)16-28-27)29(18(2)25(30)31)35(32,33)24-6-4-3-5-23(24)26/h3-10,13-15,18,27H,11-12,16H2,1-2H3,(H,30,31). The van der Waals surface area contributed by atoms with Gasteiger partial charge in [0.05, 0.1) is 23.9 Å². The summed E-state index contributed by atoms with van der Waals surface area (Å²) in [7, 11) is -4.29. The van der Waals surface area contributed by atoms with Gasteiger partial charge in [-0.2, -0.15) is 5.11 Å². The second-order valence-electron chi connectivity index (χ2n) is 7.98. The summed E-state index contributed by atoms with van der Waals surface area (Å²) in [6.45, 7) is 3.75. The molecule has 0 bridgehead atoms. The van der Waals surface area contributed by atoms with Crippen LogP contribution in [0.5, 0.6) is 5.75 Å². The van der Waals surface area contributed by atoms with Crippen LogP contribution in [0.1, 0.15) is 23.6 Å². The molecule has 0 aromatic heterocycles. The highest BCUT2D eigenvalue weighted by Gasteiger charge is 2.35. The van der Waals surface area contributed by atoms with Crippen molar-refractivity contribution >= 4 is 33.3 Å². The quantitative estimate of drug-likeness (QED) is 0.328. The summed E-state index contributed by atoms with van der Waals surface area (Å²) in [6.07, 6.45) is 0.606. The Morgan fingerprint density at radius 1 is 1.11 bits per heavy atom. The van der Waals surface area contributed by atoms with Gasteiger partial charge in [0.15, 0.2) is 0 Å². The number of anilines is 1. The number of ether oxygens (including phenoxy) is 1. The third-order valence-electron chi connectivity index (χ3n) is 5.32. The van der Waals surface area contributed by atoms with E-state index in [4.69, 9.17) is 21.9 Å². The number of benzene rings is 3. The number of nitrogens with zero attached hydrogens (tertiary/aromatic N) is 2. The number of carbonyl (C=O) groups is 1. The van der Waals surface area contributed by atoms with Gasteiger partial charge >= 0.3 is 5.97 Å². The van der Waals surface area contributed by atoms with Crippen LogP contribution >= 0.6 is 11.6 Å². The lowest BCUT2D eigenvalue weighted by Gasteiger charge is -2.29. The summed E-state index contributed by atoms with van der Waals surface area (Å²) in [6, 6.07) is 17.1. The van der Waals surface area contributed by atoms with Gasteiger partial charge in [-0.25, -0.2) is 18.7 Å². The Morgan fingerprint density at radius 3 is 2.40 bits per heavy atom. The van der Waals surface area contributed by atoms with Crippen molar-refractivity contribution in [1.29, 1.82) is 5.53 Å². The second kappa shape index (κ2) is 11.3. The summed E-state index contributed by atoms with van der Waals surface area (Å²) in [5.41, 5.74) is 9.79. The zero-order chi connectivity index (χ0) is 25.6. The number of halogens is 1. The van der Waals surface area contributed by atoms with Gasteiger partial charge in [-0.05, 0) is 54.8 Å². The van der Waals surface area contributed by atoms with Crippen molar-refractivity contribution in [1.82, 2.24) is 0 Å². The Bertz CT molecular complexity index is 1310. The van der Waals surface area contributed by atoms with E-state index >= 15 is 0 Å². The molecule has 0 spiro atoms. The molecule has 3 rings (SSSR count). The van der Waals surface area contributed by atoms with Crippen LogP contribution in [0.3, 0.4) is 0 Å². The van der Waals surface area contributed by atoms with E-state index in [1.807, 2.05) is 24.3 Å². The fourth-order valence-corrected chi connectivity index (χ4v) is 5.65. The Labute approximate surface area is 209 Å². The molecule has 0 aliphatic heterocycles. The minimum atomic E-state index is -4.29. The molecule has 2 N–H and O–H groups in total. The number of aliphatic carboxylic acids is 1. The zero-order valence-electron chi connectivity index (χ0n) is 19.3. The molecule has 0 saturated carbocycles. The molecular weight excluding hydrogens is 490 g/mol. The van der Waals surface area contributed by atoms with Crippen LogP contribution in [0.15, 0.2) is 76.7 Å². The van der Waals surface area contributed by atoms with Crippen molar-refractivity contribution in [3.63, 3.8) is 0 Å². The van der Waals surface area contributed by atoms with Crippen molar-refractivity contribution in [3.8, 4) is 5.75 Å². The van der Waals surface area contributed by atoms with Crippen LogP contribution in [-0.4, -0.2) is 32.1 Å². The van der Waals surface area contributed by atoms with Crippen molar-refractivity contribution in [2.75, 3.05) is 10.9 Å². The van der Waals surface area contributed by atoms with E-state index in [2.05, 4.69) is 5.11 Å². The van der Waals surface area contributed by atoms with E-state index < -0.39 is 22.0 Å². The van der Waals surface area contributed by atoms with E-state index in [-0.39, 0.29) is 15.6 Å². The minimum Gasteiger partial charge on any atom is -0.493 e. The van der Waals surface area contributed by atoms with Crippen molar-refractivity contribution in [2.45, 2.75) is 37.8 Å². The normalized spacial score (nSPS) is 12.1. The molecule has 35 heavy (non-hydrogen) atoms. The molecule has 3 aromatic carbocycles. The second-order valence-corrected chi connectivity index (χ2v) is 10.2.